The lowest BCUT2D eigenvalue weighted by Crippen LogP contribution is -2.36. The number of benzene rings is 1. The van der Waals surface area contributed by atoms with Gasteiger partial charge in [0.1, 0.15) is 17.5 Å². The molecule has 1 saturated carbocycles. The summed E-state index contributed by atoms with van der Waals surface area (Å²) in [7, 11) is 0. The third kappa shape index (κ3) is 3.29. The Kier molecular flexibility index (Phi) is 5.16. The number of Topliss-reactive ketones (excluding diaryl/α,β-unsaturated/α-hetero) is 2. The molecule has 1 aliphatic carbocycles. The molecule has 118 valence electrons. The Hall–Kier alpha value is -1.49. The van der Waals surface area contributed by atoms with E-state index < -0.39 is 17.8 Å². The van der Waals surface area contributed by atoms with Gasteiger partial charge in [-0.1, -0.05) is 15.9 Å². The van der Waals surface area contributed by atoms with Crippen LogP contribution in [0.3, 0.4) is 0 Å². The molecule has 1 aromatic rings. The van der Waals surface area contributed by atoms with Gasteiger partial charge in [0.2, 0.25) is 0 Å². The summed E-state index contributed by atoms with van der Waals surface area (Å²) in [6, 6.07) is 3.81. The lowest BCUT2D eigenvalue weighted by Gasteiger charge is -2.27. The van der Waals surface area contributed by atoms with Crippen LogP contribution in [0.1, 0.15) is 42.4 Å². The molecular weight excluding hydrogens is 348 g/mol. The second kappa shape index (κ2) is 6.73. The number of rotatable bonds is 3. The quantitative estimate of drug-likeness (QED) is 0.608. The van der Waals surface area contributed by atoms with Gasteiger partial charge in [-0.25, -0.2) is 0 Å². The fraction of sp³-hybridized carbons (Fsp3) is 0.471. The molecule has 1 aromatic carbocycles. The summed E-state index contributed by atoms with van der Waals surface area (Å²) in [5, 5.41) is 0. The summed E-state index contributed by atoms with van der Waals surface area (Å²) in [6.07, 6.45) is 0.147. The highest BCUT2D eigenvalue weighted by Gasteiger charge is 2.40. The van der Waals surface area contributed by atoms with Crippen LogP contribution in [0.4, 0.5) is 0 Å². The summed E-state index contributed by atoms with van der Waals surface area (Å²) in [4.78, 5) is 36.7. The normalized spacial score (nSPS) is 21.8. The van der Waals surface area contributed by atoms with Crippen LogP contribution in [0.5, 0.6) is 0 Å². The maximum Gasteiger partial charge on any atom is 0.309 e. The van der Waals surface area contributed by atoms with Gasteiger partial charge in [0.05, 0.1) is 12.5 Å². The van der Waals surface area contributed by atoms with Crippen molar-refractivity contribution in [2.24, 2.45) is 5.92 Å². The van der Waals surface area contributed by atoms with E-state index >= 15 is 0 Å². The molecule has 0 unspecified atom stereocenters. The Balaban J connectivity index is 2.30. The van der Waals surface area contributed by atoms with Gasteiger partial charge >= 0.3 is 5.97 Å². The molecule has 1 aliphatic rings. The van der Waals surface area contributed by atoms with Crippen LogP contribution in [-0.4, -0.2) is 24.1 Å². The molecule has 0 heterocycles. The lowest BCUT2D eigenvalue weighted by molar-refractivity contribution is -0.153. The first kappa shape index (κ1) is 16.9. The van der Waals surface area contributed by atoms with Crippen molar-refractivity contribution in [1.82, 2.24) is 0 Å². The Morgan fingerprint density at radius 1 is 1.18 bits per heavy atom. The van der Waals surface area contributed by atoms with Gasteiger partial charge in [0, 0.05) is 17.3 Å². The van der Waals surface area contributed by atoms with E-state index in [0.717, 1.165) is 21.2 Å². The molecule has 0 aliphatic heterocycles. The minimum Gasteiger partial charge on any atom is -0.466 e. The van der Waals surface area contributed by atoms with Gasteiger partial charge in [0.25, 0.3) is 0 Å². The van der Waals surface area contributed by atoms with Crippen molar-refractivity contribution in [1.29, 1.82) is 0 Å². The van der Waals surface area contributed by atoms with E-state index in [1.54, 1.807) is 6.92 Å². The molecule has 0 amide bonds. The van der Waals surface area contributed by atoms with Crippen molar-refractivity contribution in [3.8, 4) is 0 Å². The summed E-state index contributed by atoms with van der Waals surface area (Å²) >= 11 is 3.42. The second-order valence-corrected chi connectivity index (χ2v) is 6.59. The first-order valence-electron chi connectivity index (χ1n) is 7.33. The predicted molar refractivity (Wildman–Crippen MR) is 85.7 cm³/mol. The Labute approximate surface area is 138 Å². The number of aryl methyl sites for hydroxylation is 2. The fourth-order valence-corrected chi connectivity index (χ4v) is 3.79. The summed E-state index contributed by atoms with van der Waals surface area (Å²) < 4.78 is 5.86. The highest BCUT2D eigenvalue weighted by molar-refractivity contribution is 9.10. The van der Waals surface area contributed by atoms with Gasteiger partial charge in [-0.05, 0) is 49.6 Å². The van der Waals surface area contributed by atoms with E-state index in [1.807, 2.05) is 26.0 Å². The van der Waals surface area contributed by atoms with Crippen LogP contribution < -0.4 is 0 Å². The molecule has 0 atom stereocenters. The largest absolute Gasteiger partial charge is 0.466 e. The zero-order valence-corrected chi connectivity index (χ0v) is 14.5. The number of carbonyl (C=O) groups is 3. The summed E-state index contributed by atoms with van der Waals surface area (Å²) in [6.45, 7) is 5.75. The molecule has 0 aromatic heterocycles. The van der Waals surface area contributed by atoms with Crippen molar-refractivity contribution in [3.63, 3.8) is 0 Å². The molecule has 0 N–H and O–H groups in total. The average molecular weight is 367 g/mol. The van der Waals surface area contributed by atoms with Gasteiger partial charge in [-0.2, -0.15) is 0 Å². The van der Waals surface area contributed by atoms with Gasteiger partial charge < -0.3 is 4.74 Å². The maximum absolute atomic E-state index is 12.5. The predicted octanol–water partition coefficient (Wildman–Crippen LogP) is 3.26. The Bertz CT molecular complexity index is 595. The second-order valence-electron chi connectivity index (χ2n) is 5.68. The zero-order valence-electron chi connectivity index (χ0n) is 12.9. The average Bonchev–Trinajstić information content (AvgIpc) is 2.40. The highest BCUT2D eigenvalue weighted by Crippen LogP contribution is 2.35. The van der Waals surface area contributed by atoms with Gasteiger partial charge in [-0.3, -0.25) is 14.4 Å². The van der Waals surface area contributed by atoms with Crippen molar-refractivity contribution in [2.45, 2.75) is 39.5 Å². The molecule has 0 radical (unpaired) electrons. The van der Waals surface area contributed by atoms with E-state index in [2.05, 4.69) is 15.9 Å². The standard InChI is InChI=1S/C17H19BrO4/c1-4-22-17(21)11-7-13(19)16(14(20)8-11)15-9(2)5-12(18)6-10(15)3/h5-6,11,16H,4,7-8H2,1-3H3. The molecule has 0 bridgehead atoms. The number of ketones is 2. The minimum absolute atomic E-state index is 0.0736. The van der Waals surface area contributed by atoms with E-state index in [-0.39, 0.29) is 31.0 Å². The number of hydrogen-bond donors (Lipinski definition) is 0. The van der Waals surface area contributed by atoms with Gasteiger partial charge in [0.15, 0.2) is 0 Å². The zero-order chi connectivity index (χ0) is 16.4. The third-order valence-electron chi connectivity index (χ3n) is 4.01. The molecule has 2 rings (SSSR count). The van der Waals surface area contributed by atoms with Crippen LogP contribution in [0.25, 0.3) is 0 Å². The minimum atomic E-state index is -0.751. The summed E-state index contributed by atoms with van der Waals surface area (Å²) in [5.74, 6) is -2.22. The van der Waals surface area contributed by atoms with Crippen molar-refractivity contribution < 1.29 is 19.1 Å². The molecule has 0 spiro atoms. The van der Waals surface area contributed by atoms with Gasteiger partial charge in [-0.15, -0.1) is 0 Å². The van der Waals surface area contributed by atoms with Crippen molar-refractivity contribution >= 4 is 33.5 Å². The van der Waals surface area contributed by atoms with Crippen LogP contribution in [0, 0.1) is 19.8 Å². The third-order valence-corrected chi connectivity index (χ3v) is 4.46. The van der Waals surface area contributed by atoms with E-state index in [0.29, 0.717) is 0 Å². The lowest BCUT2D eigenvalue weighted by atomic mass is 9.74. The van der Waals surface area contributed by atoms with E-state index in [4.69, 9.17) is 4.74 Å². The molecular formula is C17H19BrO4. The Morgan fingerprint density at radius 2 is 1.68 bits per heavy atom. The smallest absolute Gasteiger partial charge is 0.309 e. The Morgan fingerprint density at radius 3 is 2.14 bits per heavy atom. The topological polar surface area (TPSA) is 60.4 Å². The number of halogens is 1. The van der Waals surface area contributed by atoms with E-state index in [1.165, 1.54) is 0 Å². The molecule has 22 heavy (non-hydrogen) atoms. The molecule has 1 fully saturated rings. The van der Waals surface area contributed by atoms with Crippen molar-refractivity contribution in [2.75, 3.05) is 6.61 Å². The number of hydrogen-bond acceptors (Lipinski definition) is 4. The highest BCUT2D eigenvalue weighted by atomic mass is 79.9. The molecule has 0 saturated heterocycles. The maximum atomic E-state index is 12.5. The number of carbonyl (C=O) groups excluding carboxylic acids is 3. The monoisotopic (exact) mass is 366 g/mol. The van der Waals surface area contributed by atoms with Crippen LogP contribution in [0.15, 0.2) is 16.6 Å². The van der Waals surface area contributed by atoms with Crippen LogP contribution >= 0.6 is 15.9 Å². The SMILES string of the molecule is CCOC(=O)C1CC(=O)C(c2c(C)cc(Br)cc2C)C(=O)C1. The summed E-state index contributed by atoms with van der Waals surface area (Å²) in [5.41, 5.74) is 2.60. The van der Waals surface area contributed by atoms with Crippen LogP contribution in [-0.2, 0) is 19.1 Å². The number of esters is 1. The fourth-order valence-electron chi connectivity index (χ4n) is 3.10. The van der Waals surface area contributed by atoms with E-state index in [9.17, 15) is 14.4 Å². The van der Waals surface area contributed by atoms with Crippen LogP contribution in [0.2, 0.25) is 0 Å². The van der Waals surface area contributed by atoms with Crippen molar-refractivity contribution in [3.05, 3.63) is 33.3 Å². The molecule has 4 nitrogen and oxygen atoms in total. The first-order valence-corrected chi connectivity index (χ1v) is 8.13. The molecule has 5 heteroatoms. The number of ether oxygens (including phenoxy) is 1. The first-order chi connectivity index (χ1) is 10.3.